The zero-order chi connectivity index (χ0) is 39.3. The molecule has 6 aromatic carbocycles. The fraction of sp³-hybridized carbons (Fsp3) is 0.208. The number of aryl methyl sites for hydroxylation is 4. The number of hydrogen-bond acceptors (Lipinski definition) is 2. The molecular weight excluding hydrogens is 885 g/mol. The van der Waals surface area contributed by atoms with Gasteiger partial charge in [-0.2, -0.15) is 0 Å². The molecule has 58 heavy (non-hydrogen) atoms. The van der Waals surface area contributed by atoms with Gasteiger partial charge < -0.3 is 4.57 Å². The molecule has 4 nitrogen and oxygen atoms in total. The molecule has 0 saturated carbocycles. The van der Waals surface area contributed by atoms with E-state index in [1.807, 2.05) is 36.7 Å². The van der Waals surface area contributed by atoms with Gasteiger partial charge in [0, 0.05) is 67.3 Å². The summed E-state index contributed by atoms with van der Waals surface area (Å²) in [4.78, 5) is 9.38. The molecule has 1 radical (unpaired) electrons. The van der Waals surface area contributed by atoms with Crippen LogP contribution >= 0.6 is 0 Å². The van der Waals surface area contributed by atoms with Crippen molar-refractivity contribution in [1.82, 2.24) is 19.1 Å². The zero-order valence-corrected chi connectivity index (χ0v) is 36.6. The van der Waals surface area contributed by atoms with Gasteiger partial charge in [0.05, 0.1) is 11.5 Å². The van der Waals surface area contributed by atoms with Gasteiger partial charge in [0.25, 0.3) is 0 Å². The molecule has 0 atom stereocenters. The molecular formula is C53H55IrN4-. The van der Waals surface area contributed by atoms with Gasteiger partial charge in [0.2, 0.25) is 0 Å². The van der Waals surface area contributed by atoms with Crippen LogP contribution in [0.5, 0.6) is 0 Å². The van der Waals surface area contributed by atoms with Gasteiger partial charge in [-0.3, -0.25) is 9.55 Å². The topological polar surface area (TPSA) is 35.6 Å². The minimum absolute atomic E-state index is 0. The average molecular weight is 940 g/mol. The number of nitrogens with zero attached hydrogens (tertiary/aromatic N) is 4. The molecule has 8 rings (SSSR count). The number of hydrogen-bond donors (Lipinski definition) is 0. The summed E-state index contributed by atoms with van der Waals surface area (Å²) in [6.45, 7) is 17.8. The van der Waals surface area contributed by atoms with Crippen molar-refractivity contribution in [3.63, 3.8) is 0 Å². The monoisotopic (exact) mass is 940 g/mol. The summed E-state index contributed by atoms with van der Waals surface area (Å²) in [6, 6.07) is 48.1. The molecule has 0 amide bonds. The number of imidazole rings is 2. The van der Waals surface area contributed by atoms with Crippen LogP contribution in [0.2, 0.25) is 0 Å². The molecule has 0 spiro atoms. The fourth-order valence-electron chi connectivity index (χ4n) is 7.97. The molecule has 0 aliphatic rings. The summed E-state index contributed by atoms with van der Waals surface area (Å²) in [5.74, 6) is 2.70. The van der Waals surface area contributed by atoms with E-state index in [-0.39, 0.29) is 27.5 Å². The minimum Gasteiger partial charge on any atom is -0.339 e. The van der Waals surface area contributed by atoms with E-state index in [2.05, 4.69) is 191 Å². The van der Waals surface area contributed by atoms with Crippen LogP contribution in [0.4, 0.5) is 0 Å². The second-order valence-electron chi connectivity index (χ2n) is 15.2. The number of para-hydroxylation sites is 2. The van der Waals surface area contributed by atoms with Crippen molar-refractivity contribution in [3.05, 3.63) is 192 Å². The van der Waals surface area contributed by atoms with Crippen molar-refractivity contribution in [1.29, 1.82) is 0 Å². The van der Waals surface area contributed by atoms with Crippen LogP contribution in [-0.4, -0.2) is 19.1 Å². The van der Waals surface area contributed by atoms with Gasteiger partial charge in [-0.25, -0.2) is 4.98 Å². The fourth-order valence-corrected chi connectivity index (χ4v) is 7.97. The van der Waals surface area contributed by atoms with E-state index in [1.165, 1.54) is 67.0 Å². The second kappa shape index (κ2) is 19.2. The Morgan fingerprint density at radius 3 is 1.36 bits per heavy atom. The normalized spacial score (nSPS) is 10.8. The van der Waals surface area contributed by atoms with Crippen molar-refractivity contribution < 1.29 is 20.1 Å². The molecule has 0 N–H and O–H groups in total. The van der Waals surface area contributed by atoms with Gasteiger partial charge in [-0.15, -0.1) is 35.9 Å². The van der Waals surface area contributed by atoms with Crippen LogP contribution in [0.1, 0.15) is 80.3 Å². The third-order valence-electron chi connectivity index (χ3n) is 10.6. The molecule has 0 aliphatic carbocycles. The predicted molar refractivity (Wildman–Crippen MR) is 242 cm³/mol. The van der Waals surface area contributed by atoms with E-state index in [0.717, 1.165) is 22.8 Å². The first kappa shape index (κ1) is 43.5. The molecule has 0 aliphatic heterocycles. The van der Waals surface area contributed by atoms with Crippen molar-refractivity contribution in [3.8, 4) is 56.4 Å². The Labute approximate surface area is 360 Å². The molecule has 297 valence electrons. The molecule has 0 saturated heterocycles. The Kier molecular flexibility index (Phi) is 14.4. The van der Waals surface area contributed by atoms with Crippen molar-refractivity contribution in [2.45, 2.75) is 74.7 Å². The van der Waals surface area contributed by atoms with Gasteiger partial charge in [0.15, 0.2) is 0 Å². The van der Waals surface area contributed by atoms with Crippen LogP contribution < -0.4 is 0 Å². The quantitative estimate of drug-likeness (QED) is 0.142. The van der Waals surface area contributed by atoms with Gasteiger partial charge in [-0.1, -0.05) is 138 Å². The summed E-state index contributed by atoms with van der Waals surface area (Å²) >= 11 is 0. The van der Waals surface area contributed by atoms with Crippen LogP contribution in [0.15, 0.2) is 152 Å². The van der Waals surface area contributed by atoms with E-state index < -0.39 is 0 Å². The molecule has 8 aromatic rings. The Balaban J connectivity index is 0.000000214. The van der Waals surface area contributed by atoms with Crippen LogP contribution in [-0.2, 0) is 20.1 Å². The summed E-state index contributed by atoms with van der Waals surface area (Å²) < 4.78 is 4.48. The third kappa shape index (κ3) is 8.77. The van der Waals surface area contributed by atoms with E-state index in [9.17, 15) is 0 Å². The first-order chi connectivity index (χ1) is 27.2. The maximum atomic E-state index is 4.71. The standard InChI is InChI=1S/C26H26N2.C26H25N2.CH4.Ir/c2*1-18(2)22-14-9-15-23(24-19(3)10-8-11-20(24)4)25(22)28-17-16-27-26(28)21-12-6-5-7-13-21;;/h5-18H,1-4H3;5-12,14-18H,1-4H3;1H4;/q;-1;;. The first-order valence-corrected chi connectivity index (χ1v) is 19.6. The van der Waals surface area contributed by atoms with Crippen LogP contribution in [0, 0.1) is 33.8 Å². The van der Waals surface area contributed by atoms with Crippen LogP contribution in [0.3, 0.4) is 0 Å². The number of aromatic nitrogens is 4. The van der Waals surface area contributed by atoms with Crippen molar-refractivity contribution in [2.75, 3.05) is 0 Å². The molecule has 2 aromatic heterocycles. The summed E-state index contributed by atoms with van der Waals surface area (Å²) in [6.07, 6.45) is 7.92. The number of benzene rings is 6. The van der Waals surface area contributed by atoms with E-state index >= 15 is 0 Å². The maximum absolute atomic E-state index is 4.71. The Morgan fingerprint density at radius 1 is 0.483 bits per heavy atom. The molecule has 0 fully saturated rings. The van der Waals surface area contributed by atoms with Crippen molar-refractivity contribution in [2.24, 2.45) is 0 Å². The summed E-state index contributed by atoms with van der Waals surface area (Å²) in [7, 11) is 0. The average Bonchev–Trinajstić information content (AvgIpc) is 3.89. The molecule has 0 bridgehead atoms. The number of rotatable bonds is 8. The zero-order valence-electron chi connectivity index (χ0n) is 34.2. The summed E-state index contributed by atoms with van der Waals surface area (Å²) in [5, 5.41) is 0. The second-order valence-corrected chi connectivity index (χ2v) is 15.2. The summed E-state index contributed by atoms with van der Waals surface area (Å²) in [5.41, 5.74) is 17.5. The molecule has 0 unspecified atom stereocenters. The van der Waals surface area contributed by atoms with E-state index in [0.29, 0.717) is 11.8 Å². The molecule has 2 heterocycles. The van der Waals surface area contributed by atoms with E-state index in [1.54, 1.807) is 0 Å². The Morgan fingerprint density at radius 2 is 0.914 bits per heavy atom. The maximum Gasteiger partial charge on any atom is 0.144 e. The van der Waals surface area contributed by atoms with Crippen LogP contribution in [0.25, 0.3) is 56.4 Å². The van der Waals surface area contributed by atoms with E-state index in [4.69, 9.17) is 4.98 Å². The minimum atomic E-state index is 0. The Bertz CT molecular complexity index is 2360. The van der Waals surface area contributed by atoms with Crippen molar-refractivity contribution >= 4 is 0 Å². The van der Waals surface area contributed by atoms with Gasteiger partial charge in [0.1, 0.15) is 5.82 Å². The third-order valence-corrected chi connectivity index (χ3v) is 10.6. The predicted octanol–water partition coefficient (Wildman–Crippen LogP) is 14.3. The van der Waals surface area contributed by atoms with Gasteiger partial charge in [-0.05, 0) is 84.0 Å². The molecule has 5 heteroatoms. The SMILES string of the molecule is C.Cc1cccc(C)c1-c1cccc(C(C)C)c1-n1ccnc1-c1[c-]cccc1.Cc1cccc(C)c1-c1cccc(C(C)C)c1-n1ccnc1-c1ccccc1.[Ir]. The first-order valence-electron chi connectivity index (χ1n) is 19.6. The largest absolute Gasteiger partial charge is 0.339 e. The van der Waals surface area contributed by atoms with Gasteiger partial charge >= 0.3 is 0 Å². The Hall–Kier alpha value is -5.61. The smallest absolute Gasteiger partial charge is 0.144 e.